The van der Waals surface area contributed by atoms with Crippen LogP contribution in [0.25, 0.3) is 11.5 Å². The summed E-state index contributed by atoms with van der Waals surface area (Å²) in [6, 6.07) is 6.37. The van der Waals surface area contributed by atoms with Gasteiger partial charge in [-0.15, -0.1) is 0 Å². The highest BCUT2D eigenvalue weighted by molar-refractivity contribution is 5.56. The van der Waals surface area contributed by atoms with Crippen molar-refractivity contribution in [3.63, 3.8) is 0 Å². The maximum absolute atomic E-state index is 5.36. The van der Waals surface area contributed by atoms with Gasteiger partial charge in [0.25, 0.3) is 5.89 Å². The van der Waals surface area contributed by atoms with Crippen LogP contribution in [0, 0.1) is 5.92 Å². The molecule has 4 rings (SSSR count). The van der Waals surface area contributed by atoms with Gasteiger partial charge in [-0.2, -0.15) is 4.98 Å². The molecular weight excluding hydrogens is 226 g/mol. The lowest BCUT2D eigenvalue weighted by atomic mass is 10.1. The molecule has 1 saturated carbocycles. The van der Waals surface area contributed by atoms with Gasteiger partial charge in [0.15, 0.2) is 5.82 Å². The molecule has 4 heteroatoms. The number of benzene rings is 1. The normalized spacial score (nSPS) is 18.0. The van der Waals surface area contributed by atoms with Gasteiger partial charge in [0.05, 0.1) is 0 Å². The Morgan fingerprint density at radius 3 is 3.00 bits per heavy atom. The van der Waals surface area contributed by atoms with E-state index >= 15 is 0 Å². The molecule has 1 aliphatic carbocycles. The highest BCUT2D eigenvalue weighted by Gasteiger charge is 2.24. The number of aromatic nitrogens is 2. The SMILES string of the molecule is c1cc2c(cc1-c1nc(CC3CC3)no1)CNC2. The third kappa shape index (κ3) is 1.82. The monoisotopic (exact) mass is 241 g/mol. The standard InChI is InChI=1S/C14H15N3O/c1-2-9(1)5-13-16-14(18-17-13)10-3-4-11-7-15-8-12(11)6-10/h3-4,6,9,15H,1-2,5,7-8H2. The average molecular weight is 241 g/mol. The van der Waals surface area contributed by atoms with Crippen molar-refractivity contribution in [2.45, 2.75) is 32.4 Å². The first-order chi connectivity index (χ1) is 8.88. The Morgan fingerprint density at radius 1 is 1.22 bits per heavy atom. The fourth-order valence-electron chi connectivity index (χ4n) is 2.46. The minimum atomic E-state index is 0.653. The molecule has 1 aliphatic heterocycles. The highest BCUT2D eigenvalue weighted by atomic mass is 16.5. The van der Waals surface area contributed by atoms with Crippen LogP contribution in [0.3, 0.4) is 0 Å². The van der Waals surface area contributed by atoms with E-state index in [1.165, 1.54) is 24.0 Å². The fourth-order valence-corrected chi connectivity index (χ4v) is 2.46. The van der Waals surface area contributed by atoms with E-state index in [-0.39, 0.29) is 0 Å². The van der Waals surface area contributed by atoms with Crippen LogP contribution in [0.5, 0.6) is 0 Å². The second-order valence-corrected chi connectivity index (χ2v) is 5.25. The van der Waals surface area contributed by atoms with E-state index < -0.39 is 0 Å². The number of nitrogens with zero attached hydrogens (tertiary/aromatic N) is 2. The summed E-state index contributed by atoms with van der Waals surface area (Å²) in [4.78, 5) is 4.49. The predicted octanol–water partition coefficient (Wildman–Crippen LogP) is 2.29. The van der Waals surface area contributed by atoms with Crippen molar-refractivity contribution in [2.24, 2.45) is 5.92 Å². The highest BCUT2D eigenvalue weighted by Crippen LogP contribution is 2.32. The van der Waals surface area contributed by atoms with Crippen molar-refractivity contribution in [3.8, 4) is 11.5 Å². The van der Waals surface area contributed by atoms with Crippen molar-refractivity contribution < 1.29 is 4.52 Å². The number of hydrogen-bond donors (Lipinski definition) is 1. The van der Waals surface area contributed by atoms with Gasteiger partial charge in [0.1, 0.15) is 0 Å². The first-order valence-electron chi connectivity index (χ1n) is 6.54. The molecule has 0 saturated heterocycles. The van der Waals surface area contributed by atoms with E-state index in [1.807, 2.05) is 0 Å². The van der Waals surface area contributed by atoms with Gasteiger partial charge in [-0.3, -0.25) is 0 Å². The molecule has 92 valence electrons. The van der Waals surface area contributed by atoms with Gasteiger partial charge < -0.3 is 9.84 Å². The van der Waals surface area contributed by atoms with Crippen molar-refractivity contribution in [3.05, 3.63) is 35.2 Å². The van der Waals surface area contributed by atoms with Crippen molar-refractivity contribution >= 4 is 0 Å². The summed E-state index contributed by atoms with van der Waals surface area (Å²) in [5.74, 6) is 2.30. The maximum atomic E-state index is 5.36. The molecule has 0 bridgehead atoms. The zero-order valence-electron chi connectivity index (χ0n) is 10.1. The molecule has 18 heavy (non-hydrogen) atoms. The van der Waals surface area contributed by atoms with Gasteiger partial charge in [-0.1, -0.05) is 11.2 Å². The maximum Gasteiger partial charge on any atom is 0.257 e. The molecule has 0 unspecified atom stereocenters. The Labute approximate surface area is 105 Å². The van der Waals surface area contributed by atoms with E-state index in [2.05, 4.69) is 33.7 Å². The Morgan fingerprint density at radius 2 is 2.11 bits per heavy atom. The summed E-state index contributed by atoms with van der Waals surface area (Å²) in [5.41, 5.74) is 3.75. The quantitative estimate of drug-likeness (QED) is 0.895. The minimum Gasteiger partial charge on any atom is -0.334 e. The van der Waals surface area contributed by atoms with Crippen molar-refractivity contribution in [1.29, 1.82) is 0 Å². The second kappa shape index (κ2) is 3.92. The molecule has 2 aromatic rings. The summed E-state index contributed by atoms with van der Waals surface area (Å²) in [7, 11) is 0. The molecule has 4 nitrogen and oxygen atoms in total. The van der Waals surface area contributed by atoms with E-state index in [4.69, 9.17) is 4.52 Å². The van der Waals surface area contributed by atoms with E-state index in [0.717, 1.165) is 36.8 Å². The number of fused-ring (bicyclic) bond motifs is 1. The van der Waals surface area contributed by atoms with Crippen LogP contribution in [-0.4, -0.2) is 10.1 Å². The summed E-state index contributed by atoms with van der Waals surface area (Å²) >= 11 is 0. The Bertz CT molecular complexity index is 586. The third-order valence-corrected chi connectivity index (χ3v) is 3.72. The molecule has 0 amide bonds. The lowest BCUT2D eigenvalue weighted by molar-refractivity contribution is 0.421. The van der Waals surface area contributed by atoms with Crippen LogP contribution in [0.1, 0.15) is 29.8 Å². The average Bonchev–Trinajstić information content (AvgIpc) is 2.91. The lowest BCUT2D eigenvalue weighted by Gasteiger charge is -1.99. The summed E-state index contributed by atoms with van der Waals surface area (Å²) < 4.78 is 5.36. The summed E-state index contributed by atoms with van der Waals surface area (Å²) in [5, 5.41) is 7.40. The van der Waals surface area contributed by atoms with E-state index in [1.54, 1.807) is 0 Å². The Balaban J connectivity index is 1.63. The van der Waals surface area contributed by atoms with Crippen LogP contribution in [0.2, 0.25) is 0 Å². The Kier molecular flexibility index (Phi) is 2.23. The number of rotatable bonds is 3. The van der Waals surface area contributed by atoms with Crippen LogP contribution in [0.4, 0.5) is 0 Å². The first kappa shape index (κ1) is 10.3. The van der Waals surface area contributed by atoms with Gasteiger partial charge in [0, 0.05) is 25.1 Å². The van der Waals surface area contributed by atoms with Crippen LogP contribution in [-0.2, 0) is 19.5 Å². The van der Waals surface area contributed by atoms with Crippen molar-refractivity contribution in [1.82, 2.24) is 15.5 Å². The fraction of sp³-hybridized carbons (Fsp3) is 0.429. The topological polar surface area (TPSA) is 51.0 Å². The first-order valence-corrected chi connectivity index (χ1v) is 6.54. The molecule has 2 aliphatic rings. The predicted molar refractivity (Wildman–Crippen MR) is 66.7 cm³/mol. The molecule has 1 aromatic carbocycles. The number of nitrogens with one attached hydrogen (secondary N) is 1. The van der Waals surface area contributed by atoms with Crippen LogP contribution in [0.15, 0.2) is 22.7 Å². The van der Waals surface area contributed by atoms with Gasteiger partial charge >= 0.3 is 0 Å². The molecular formula is C14H15N3O. The van der Waals surface area contributed by atoms with E-state index in [0.29, 0.717) is 5.89 Å². The van der Waals surface area contributed by atoms with E-state index in [9.17, 15) is 0 Å². The molecule has 0 spiro atoms. The molecule has 1 N–H and O–H groups in total. The molecule has 1 aromatic heterocycles. The largest absolute Gasteiger partial charge is 0.334 e. The minimum absolute atomic E-state index is 0.653. The zero-order valence-corrected chi connectivity index (χ0v) is 10.1. The van der Waals surface area contributed by atoms with Crippen LogP contribution >= 0.6 is 0 Å². The Hall–Kier alpha value is -1.68. The van der Waals surface area contributed by atoms with Gasteiger partial charge in [0.2, 0.25) is 0 Å². The van der Waals surface area contributed by atoms with Crippen molar-refractivity contribution in [2.75, 3.05) is 0 Å². The zero-order chi connectivity index (χ0) is 11.9. The molecule has 1 fully saturated rings. The summed E-state index contributed by atoms with van der Waals surface area (Å²) in [6.07, 6.45) is 3.60. The van der Waals surface area contributed by atoms with Crippen LogP contribution < -0.4 is 5.32 Å². The third-order valence-electron chi connectivity index (χ3n) is 3.72. The number of hydrogen-bond acceptors (Lipinski definition) is 4. The second-order valence-electron chi connectivity index (χ2n) is 5.25. The molecule has 0 atom stereocenters. The lowest BCUT2D eigenvalue weighted by Crippen LogP contribution is -1.99. The smallest absolute Gasteiger partial charge is 0.257 e. The summed E-state index contributed by atoms with van der Waals surface area (Å²) in [6.45, 7) is 1.90. The van der Waals surface area contributed by atoms with Gasteiger partial charge in [-0.05, 0) is 42.0 Å². The van der Waals surface area contributed by atoms with Gasteiger partial charge in [-0.25, -0.2) is 0 Å². The molecule has 0 radical (unpaired) electrons. The molecule has 2 heterocycles.